The fraction of sp³-hybridized carbons (Fsp3) is 0.263. The monoisotopic (exact) mass is 486 g/mol. The molecule has 0 bridgehead atoms. The lowest BCUT2D eigenvalue weighted by molar-refractivity contribution is 0.610. The second-order valence-electron chi connectivity index (χ2n) is 5.42. The van der Waals surface area contributed by atoms with E-state index in [1.54, 1.807) is 0 Å². The Kier molecular flexibility index (Phi) is 9.99. The molecular weight excluding hydrogens is 466 g/mol. The lowest BCUT2D eigenvalue weighted by Gasteiger charge is -2.11. The Morgan fingerprint density at radius 2 is 2.04 bits per heavy atom. The zero-order valence-corrected chi connectivity index (χ0v) is 17.5. The summed E-state index contributed by atoms with van der Waals surface area (Å²) in [5.74, 6) is 0.240. The van der Waals surface area contributed by atoms with Gasteiger partial charge in [0.2, 0.25) is 0 Å². The van der Waals surface area contributed by atoms with Gasteiger partial charge in [-0.3, -0.25) is 0 Å². The number of hydrogen-bond acceptors (Lipinski definition) is 2. The van der Waals surface area contributed by atoms with Gasteiger partial charge in [-0.05, 0) is 49.2 Å². The van der Waals surface area contributed by atoms with Gasteiger partial charge in [0.25, 0.3) is 0 Å². The molecule has 0 saturated heterocycles. The van der Waals surface area contributed by atoms with Crippen LogP contribution in [0.3, 0.4) is 0 Å². The van der Waals surface area contributed by atoms with Crippen molar-refractivity contribution in [1.29, 1.82) is 5.26 Å². The van der Waals surface area contributed by atoms with Crippen LogP contribution in [0, 0.1) is 17.1 Å². The Hall–Kier alpha value is -1.85. The van der Waals surface area contributed by atoms with Crippen LogP contribution in [0.4, 0.5) is 4.39 Å². The number of nitriles is 1. The summed E-state index contributed by atoms with van der Waals surface area (Å²) in [6, 6.07) is 14.0. The van der Waals surface area contributed by atoms with Gasteiger partial charge in [0, 0.05) is 23.7 Å². The lowest BCUT2D eigenvalue weighted by Crippen LogP contribution is -2.38. The molecule has 0 saturated carbocycles. The highest BCUT2D eigenvalue weighted by molar-refractivity contribution is 14.0. The fourth-order valence-electron chi connectivity index (χ4n) is 2.29. The molecule has 0 spiro atoms. The molecule has 0 heterocycles. The third-order valence-corrected chi connectivity index (χ3v) is 3.76. The number of nitrogens with one attached hydrogen (secondary N) is 2. The van der Waals surface area contributed by atoms with Crippen molar-refractivity contribution in [3.8, 4) is 6.07 Å². The summed E-state index contributed by atoms with van der Waals surface area (Å²) < 4.78 is 13.8. The summed E-state index contributed by atoms with van der Waals surface area (Å²) in [6.07, 6.45) is 0.795. The first-order valence-corrected chi connectivity index (χ1v) is 8.45. The number of halogens is 3. The van der Waals surface area contributed by atoms with Crippen LogP contribution < -0.4 is 10.6 Å². The van der Waals surface area contributed by atoms with E-state index in [-0.39, 0.29) is 36.3 Å². The number of nitrogens with zero attached hydrogens (tertiary/aromatic N) is 2. The van der Waals surface area contributed by atoms with Crippen molar-refractivity contribution in [2.24, 2.45) is 4.99 Å². The minimum Gasteiger partial charge on any atom is -0.357 e. The van der Waals surface area contributed by atoms with Gasteiger partial charge in [-0.15, -0.1) is 24.0 Å². The number of hydrogen-bond donors (Lipinski definition) is 2. The molecule has 2 aromatic rings. The summed E-state index contributed by atoms with van der Waals surface area (Å²) in [4.78, 5) is 4.39. The Morgan fingerprint density at radius 3 is 2.73 bits per heavy atom. The third-order valence-electron chi connectivity index (χ3n) is 3.52. The van der Waals surface area contributed by atoms with Gasteiger partial charge in [-0.1, -0.05) is 23.7 Å². The van der Waals surface area contributed by atoms with Crippen molar-refractivity contribution in [2.75, 3.05) is 13.1 Å². The Morgan fingerprint density at radius 1 is 1.23 bits per heavy atom. The summed E-state index contributed by atoms with van der Waals surface area (Å²) >= 11 is 5.98. The van der Waals surface area contributed by atoms with Gasteiger partial charge in [-0.2, -0.15) is 5.26 Å². The molecule has 2 aromatic carbocycles. The van der Waals surface area contributed by atoms with Crippen LogP contribution >= 0.6 is 35.6 Å². The highest BCUT2D eigenvalue weighted by atomic mass is 127. The molecule has 2 rings (SSSR count). The van der Waals surface area contributed by atoms with Crippen molar-refractivity contribution in [3.63, 3.8) is 0 Å². The van der Waals surface area contributed by atoms with E-state index in [1.165, 1.54) is 18.2 Å². The summed E-state index contributed by atoms with van der Waals surface area (Å²) in [7, 11) is 0. The van der Waals surface area contributed by atoms with Crippen LogP contribution in [-0.2, 0) is 13.0 Å². The van der Waals surface area contributed by atoms with Crippen LogP contribution in [-0.4, -0.2) is 19.0 Å². The molecule has 0 aromatic heterocycles. The maximum absolute atomic E-state index is 13.8. The van der Waals surface area contributed by atoms with E-state index in [0.717, 1.165) is 12.0 Å². The smallest absolute Gasteiger partial charge is 0.191 e. The molecule has 2 N–H and O–H groups in total. The first kappa shape index (κ1) is 22.2. The van der Waals surface area contributed by atoms with Crippen LogP contribution in [0.25, 0.3) is 0 Å². The maximum Gasteiger partial charge on any atom is 0.191 e. The average molecular weight is 487 g/mol. The topological polar surface area (TPSA) is 60.2 Å². The van der Waals surface area contributed by atoms with Gasteiger partial charge in [0.1, 0.15) is 5.82 Å². The van der Waals surface area contributed by atoms with Crippen LogP contribution in [0.5, 0.6) is 0 Å². The summed E-state index contributed by atoms with van der Waals surface area (Å²) in [5, 5.41) is 16.0. The molecule has 0 aliphatic heterocycles. The molecule has 138 valence electrons. The zero-order valence-electron chi connectivity index (χ0n) is 14.4. The molecular formula is C19H21ClFIN4. The molecule has 0 unspecified atom stereocenters. The highest BCUT2D eigenvalue weighted by Gasteiger charge is 2.04. The normalized spacial score (nSPS) is 10.6. The average Bonchev–Trinajstić information content (AvgIpc) is 2.61. The molecule has 0 aliphatic carbocycles. The SMILES string of the molecule is CCNC(=NCc1cc(C#N)ccc1F)NCCc1cccc(Cl)c1.I. The first-order chi connectivity index (χ1) is 12.1. The van der Waals surface area contributed by atoms with E-state index in [9.17, 15) is 4.39 Å². The molecule has 4 nitrogen and oxygen atoms in total. The first-order valence-electron chi connectivity index (χ1n) is 8.07. The molecule has 0 amide bonds. The Bertz CT molecular complexity index is 789. The van der Waals surface area contributed by atoms with E-state index in [0.29, 0.717) is 35.2 Å². The highest BCUT2D eigenvalue weighted by Crippen LogP contribution is 2.12. The number of benzene rings is 2. The number of guanidine groups is 1. The van der Waals surface area contributed by atoms with E-state index < -0.39 is 0 Å². The lowest BCUT2D eigenvalue weighted by atomic mass is 10.1. The van der Waals surface area contributed by atoms with Gasteiger partial charge in [-0.25, -0.2) is 9.38 Å². The Labute approximate surface area is 175 Å². The second kappa shape index (κ2) is 11.7. The van der Waals surface area contributed by atoms with Crippen molar-refractivity contribution in [1.82, 2.24) is 10.6 Å². The summed E-state index contributed by atoms with van der Waals surface area (Å²) in [5.41, 5.74) is 1.94. The predicted octanol–water partition coefficient (Wildman–Crippen LogP) is 4.27. The van der Waals surface area contributed by atoms with Crippen LogP contribution in [0.15, 0.2) is 47.5 Å². The second-order valence-corrected chi connectivity index (χ2v) is 5.86. The molecule has 0 atom stereocenters. The number of rotatable bonds is 6. The standard InChI is InChI=1S/C19H20ClFN4.HI/c1-2-23-19(24-9-8-14-4-3-5-17(20)11-14)25-13-16-10-15(12-22)6-7-18(16)21;/h3-7,10-11H,2,8-9,13H2,1H3,(H2,23,24,25);1H. The third kappa shape index (κ3) is 7.18. The van der Waals surface area contributed by atoms with Crippen molar-refractivity contribution in [2.45, 2.75) is 19.9 Å². The van der Waals surface area contributed by atoms with Gasteiger partial charge in [0.05, 0.1) is 18.2 Å². The predicted molar refractivity (Wildman–Crippen MR) is 115 cm³/mol. The van der Waals surface area contributed by atoms with Gasteiger partial charge in [0.15, 0.2) is 5.96 Å². The number of aliphatic imine (C=N–C) groups is 1. The van der Waals surface area contributed by atoms with Crippen LogP contribution in [0.1, 0.15) is 23.6 Å². The molecule has 0 radical (unpaired) electrons. The largest absolute Gasteiger partial charge is 0.357 e. The van der Waals surface area contributed by atoms with E-state index in [4.69, 9.17) is 16.9 Å². The van der Waals surface area contributed by atoms with Gasteiger partial charge >= 0.3 is 0 Å². The zero-order chi connectivity index (χ0) is 18.1. The maximum atomic E-state index is 13.8. The quantitative estimate of drug-likeness (QED) is 0.364. The Balaban J connectivity index is 0.00000338. The molecule has 0 fully saturated rings. The summed E-state index contributed by atoms with van der Waals surface area (Å²) in [6.45, 7) is 3.50. The molecule has 7 heteroatoms. The van der Waals surface area contributed by atoms with Crippen molar-refractivity contribution in [3.05, 3.63) is 70.0 Å². The molecule has 0 aliphatic rings. The molecule has 26 heavy (non-hydrogen) atoms. The van der Waals surface area contributed by atoms with Crippen LogP contribution in [0.2, 0.25) is 5.02 Å². The van der Waals surface area contributed by atoms with E-state index >= 15 is 0 Å². The minimum atomic E-state index is -0.363. The van der Waals surface area contributed by atoms with Crippen molar-refractivity contribution < 1.29 is 4.39 Å². The van der Waals surface area contributed by atoms with Gasteiger partial charge < -0.3 is 10.6 Å². The fourth-order valence-corrected chi connectivity index (χ4v) is 2.50. The van der Waals surface area contributed by atoms with E-state index in [1.807, 2.05) is 37.3 Å². The van der Waals surface area contributed by atoms with Crippen molar-refractivity contribution >= 4 is 41.5 Å². The minimum absolute atomic E-state index is 0. The van der Waals surface area contributed by atoms with E-state index in [2.05, 4.69) is 15.6 Å².